The van der Waals surface area contributed by atoms with Gasteiger partial charge >= 0.3 is 0 Å². The van der Waals surface area contributed by atoms with Crippen LogP contribution in [-0.4, -0.2) is 30.7 Å². The second-order valence-electron chi connectivity index (χ2n) is 5.74. The molecular weight excluding hydrogens is 328 g/mol. The molecule has 4 aromatic rings. The highest BCUT2D eigenvalue weighted by Crippen LogP contribution is 2.40. The van der Waals surface area contributed by atoms with E-state index in [1.54, 1.807) is 0 Å². The molecule has 0 spiro atoms. The maximum absolute atomic E-state index is 10.8. The maximum atomic E-state index is 10.8. The third-order valence-electron chi connectivity index (χ3n) is 4.29. The van der Waals surface area contributed by atoms with Crippen molar-refractivity contribution in [3.05, 3.63) is 60.7 Å². The summed E-state index contributed by atoms with van der Waals surface area (Å²) in [5, 5.41) is 26.5. The standard InChI is InChI=1S/C20H12O2Si2/c21-19-13-7-3-1-5-11(13)9-15(23)17(19)18-16(24)10-12-6-2-4-8-14(12)20(18)22/h1-10,21-22H. The highest BCUT2D eigenvalue weighted by Gasteiger charge is 2.19. The van der Waals surface area contributed by atoms with Gasteiger partial charge in [-0.3, -0.25) is 0 Å². The minimum atomic E-state index is 0.142. The third-order valence-corrected chi connectivity index (χ3v) is 5.08. The van der Waals surface area contributed by atoms with Crippen LogP contribution in [0.4, 0.5) is 0 Å². The van der Waals surface area contributed by atoms with E-state index in [-0.39, 0.29) is 11.5 Å². The molecule has 4 aromatic carbocycles. The first-order chi connectivity index (χ1) is 11.6. The summed E-state index contributed by atoms with van der Waals surface area (Å²) in [6, 6.07) is 19.1. The quantitative estimate of drug-likeness (QED) is 0.523. The first-order valence-corrected chi connectivity index (χ1v) is 8.51. The zero-order chi connectivity index (χ0) is 16.8. The first kappa shape index (κ1) is 15.0. The zero-order valence-electron chi connectivity index (χ0n) is 12.7. The number of phenols is 2. The molecule has 24 heavy (non-hydrogen) atoms. The van der Waals surface area contributed by atoms with Crippen molar-refractivity contribution in [3.63, 3.8) is 0 Å². The fraction of sp³-hybridized carbons (Fsp3) is 0. The van der Waals surface area contributed by atoms with E-state index < -0.39 is 0 Å². The van der Waals surface area contributed by atoms with Gasteiger partial charge in [0.2, 0.25) is 0 Å². The summed E-state index contributed by atoms with van der Waals surface area (Å²) in [5.74, 6) is 0.284. The lowest BCUT2D eigenvalue weighted by Gasteiger charge is -2.17. The fourth-order valence-corrected chi connectivity index (χ4v) is 3.96. The van der Waals surface area contributed by atoms with Gasteiger partial charge in [0.05, 0.1) is 20.5 Å². The Morgan fingerprint density at radius 1 is 0.583 bits per heavy atom. The molecule has 0 aromatic heterocycles. The molecule has 0 aliphatic heterocycles. The van der Waals surface area contributed by atoms with Crippen molar-refractivity contribution >= 4 is 52.4 Å². The minimum absolute atomic E-state index is 0.142. The fourth-order valence-electron chi connectivity index (χ4n) is 3.16. The molecule has 0 heterocycles. The highest BCUT2D eigenvalue weighted by molar-refractivity contribution is 6.43. The second kappa shape index (κ2) is 5.51. The Kier molecular flexibility index (Phi) is 3.44. The van der Waals surface area contributed by atoms with Gasteiger partial charge in [0.25, 0.3) is 0 Å². The molecule has 2 nitrogen and oxygen atoms in total. The van der Waals surface area contributed by atoms with Crippen molar-refractivity contribution < 1.29 is 10.2 Å². The Morgan fingerprint density at radius 2 is 0.958 bits per heavy atom. The van der Waals surface area contributed by atoms with E-state index in [2.05, 4.69) is 20.5 Å². The molecule has 0 aliphatic carbocycles. The summed E-state index contributed by atoms with van der Waals surface area (Å²) in [4.78, 5) is 0. The minimum Gasteiger partial charge on any atom is -0.507 e. The number of rotatable bonds is 1. The summed E-state index contributed by atoms with van der Waals surface area (Å²) in [6.07, 6.45) is 0. The number of hydrogen-bond acceptors (Lipinski definition) is 2. The molecule has 0 unspecified atom stereocenters. The Morgan fingerprint density at radius 3 is 1.38 bits per heavy atom. The normalized spacial score (nSPS) is 11.2. The summed E-state index contributed by atoms with van der Waals surface area (Å²) in [5.41, 5.74) is 1.14. The molecule has 0 atom stereocenters. The van der Waals surface area contributed by atoms with Crippen molar-refractivity contribution in [1.82, 2.24) is 0 Å². The van der Waals surface area contributed by atoms with Gasteiger partial charge in [0, 0.05) is 21.9 Å². The molecule has 0 bridgehead atoms. The molecule has 6 radical (unpaired) electrons. The monoisotopic (exact) mass is 340 g/mol. The van der Waals surface area contributed by atoms with Crippen LogP contribution < -0.4 is 10.4 Å². The van der Waals surface area contributed by atoms with E-state index in [0.29, 0.717) is 11.1 Å². The zero-order valence-corrected chi connectivity index (χ0v) is 14.7. The molecule has 112 valence electrons. The SMILES string of the molecule is Oc1c(-c2c([Si])cc3ccccc3c2O)c([Si])cc2ccccc12. The second-order valence-corrected chi connectivity index (χ2v) is 6.82. The third kappa shape index (κ3) is 2.15. The highest BCUT2D eigenvalue weighted by atomic mass is 28.1. The molecule has 0 fully saturated rings. The van der Waals surface area contributed by atoms with Crippen LogP contribution in [0.5, 0.6) is 11.5 Å². The van der Waals surface area contributed by atoms with E-state index in [1.165, 1.54) is 0 Å². The number of phenolic OH excluding ortho intramolecular Hbond substituents is 2. The predicted molar refractivity (Wildman–Crippen MR) is 101 cm³/mol. The number of benzene rings is 4. The lowest BCUT2D eigenvalue weighted by Crippen LogP contribution is -2.15. The Hall–Kier alpha value is -2.57. The molecule has 0 saturated heterocycles. The van der Waals surface area contributed by atoms with E-state index in [9.17, 15) is 10.2 Å². The summed E-state index contributed by atoms with van der Waals surface area (Å²) in [6.45, 7) is 0. The van der Waals surface area contributed by atoms with Gasteiger partial charge < -0.3 is 10.2 Å². The molecule has 2 N–H and O–H groups in total. The van der Waals surface area contributed by atoms with Gasteiger partial charge in [0.15, 0.2) is 0 Å². The number of hydrogen-bond donors (Lipinski definition) is 2. The van der Waals surface area contributed by atoms with E-state index >= 15 is 0 Å². The lowest BCUT2D eigenvalue weighted by molar-refractivity contribution is 0.476. The first-order valence-electron chi connectivity index (χ1n) is 7.51. The summed E-state index contributed by atoms with van der Waals surface area (Å²) < 4.78 is 0. The topological polar surface area (TPSA) is 40.5 Å². The van der Waals surface area contributed by atoms with Crippen LogP contribution >= 0.6 is 0 Å². The van der Waals surface area contributed by atoms with E-state index in [0.717, 1.165) is 31.9 Å². The summed E-state index contributed by atoms with van der Waals surface area (Å²) >= 11 is 0. The Balaban J connectivity index is 2.14. The van der Waals surface area contributed by atoms with Crippen molar-refractivity contribution in [3.8, 4) is 22.6 Å². The van der Waals surface area contributed by atoms with Crippen molar-refractivity contribution in [2.24, 2.45) is 0 Å². The number of fused-ring (bicyclic) bond motifs is 2. The average Bonchev–Trinajstić information content (AvgIpc) is 2.57. The summed E-state index contributed by atoms with van der Waals surface area (Å²) in [7, 11) is 7.21. The van der Waals surface area contributed by atoms with Crippen LogP contribution in [0, 0.1) is 0 Å². The van der Waals surface area contributed by atoms with E-state index in [1.807, 2.05) is 60.7 Å². The largest absolute Gasteiger partial charge is 0.507 e. The van der Waals surface area contributed by atoms with Gasteiger partial charge in [-0.25, -0.2) is 0 Å². The maximum Gasteiger partial charge on any atom is 0.131 e. The molecular formula is C20H12O2Si2. The van der Waals surface area contributed by atoms with E-state index in [4.69, 9.17) is 0 Å². The van der Waals surface area contributed by atoms with Crippen LogP contribution in [0.1, 0.15) is 0 Å². The Bertz CT molecular complexity index is 1010. The average molecular weight is 340 g/mol. The van der Waals surface area contributed by atoms with Gasteiger partial charge in [-0.1, -0.05) is 71.0 Å². The van der Waals surface area contributed by atoms with Gasteiger partial charge in [-0.15, -0.1) is 0 Å². The van der Waals surface area contributed by atoms with Crippen LogP contribution in [0.3, 0.4) is 0 Å². The van der Waals surface area contributed by atoms with Gasteiger partial charge in [0.1, 0.15) is 11.5 Å². The van der Waals surface area contributed by atoms with Crippen LogP contribution in [0.15, 0.2) is 60.7 Å². The van der Waals surface area contributed by atoms with Crippen LogP contribution in [0.2, 0.25) is 0 Å². The van der Waals surface area contributed by atoms with Crippen molar-refractivity contribution in [2.75, 3.05) is 0 Å². The van der Waals surface area contributed by atoms with Crippen LogP contribution in [-0.2, 0) is 0 Å². The molecule has 0 amide bonds. The molecule has 4 heteroatoms. The molecule has 0 aliphatic rings. The van der Waals surface area contributed by atoms with Gasteiger partial charge in [-0.2, -0.15) is 0 Å². The van der Waals surface area contributed by atoms with Crippen molar-refractivity contribution in [2.45, 2.75) is 0 Å². The van der Waals surface area contributed by atoms with Crippen LogP contribution in [0.25, 0.3) is 32.7 Å². The Labute approximate surface area is 146 Å². The number of aromatic hydroxyl groups is 2. The predicted octanol–water partition coefficient (Wildman–Crippen LogP) is 2.66. The van der Waals surface area contributed by atoms with Gasteiger partial charge in [-0.05, 0) is 10.8 Å². The smallest absolute Gasteiger partial charge is 0.131 e. The van der Waals surface area contributed by atoms with Crippen molar-refractivity contribution in [1.29, 1.82) is 0 Å². The molecule has 4 rings (SSSR count). The lowest BCUT2D eigenvalue weighted by atomic mass is 9.96. The molecule has 0 saturated carbocycles.